The van der Waals surface area contributed by atoms with Crippen LogP contribution in [0, 0.1) is 0 Å². The second-order valence-electron chi connectivity index (χ2n) is 7.72. The second kappa shape index (κ2) is 10.1. The molecule has 2 saturated heterocycles. The van der Waals surface area contributed by atoms with E-state index in [1.54, 1.807) is 0 Å². The van der Waals surface area contributed by atoms with Gasteiger partial charge in [-0.25, -0.2) is 0 Å². The fourth-order valence-corrected chi connectivity index (χ4v) is 4.28. The van der Waals surface area contributed by atoms with Crippen molar-refractivity contribution in [3.63, 3.8) is 0 Å². The van der Waals surface area contributed by atoms with Gasteiger partial charge in [-0.05, 0) is 13.5 Å². The Hall–Kier alpha value is -1.10. The van der Waals surface area contributed by atoms with E-state index >= 15 is 0 Å². The first-order valence-corrected chi connectivity index (χ1v) is 10.1. The summed E-state index contributed by atoms with van der Waals surface area (Å²) in [5.41, 5.74) is 0. The van der Waals surface area contributed by atoms with Crippen molar-refractivity contribution in [2.75, 3.05) is 7.05 Å². The largest absolute Gasteiger partial charge is 0.462 e. The van der Waals surface area contributed by atoms with Gasteiger partial charge in [0, 0.05) is 38.6 Å². The first-order valence-electron chi connectivity index (χ1n) is 10.1. The summed E-state index contributed by atoms with van der Waals surface area (Å²) in [6, 6.07) is 0.526. The van der Waals surface area contributed by atoms with Gasteiger partial charge in [0.2, 0.25) is 0 Å². The first kappa shape index (κ1) is 20.2. The van der Waals surface area contributed by atoms with Crippen LogP contribution in [-0.2, 0) is 19.1 Å². The van der Waals surface area contributed by atoms with Crippen LogP contribution in [0.25, 0.3) is 0 Å². The Labute approximate surface area is 152 Å². The third-order valence-electron chi connectivity index (χ3n) is 5.67. The van der Waals surface area contributed by atoms with Crippen LogP contribution in [0.4, 0.5) is 0 Å². The number of esters is 2. The number of ether oxygens (including phenoxy) is 2. The number of unbranched alkanes of at least 4 members (excludes halogenated alkanes) is 6. The second-order valence-corrected chi connectivity index (χ2v) is 7.72. The molecule has 0 saturated carbocycles. The standard InChI is InChI=1S/C20H35NO4/c1-4-5-6-7-8-9-10-11-20(23)25-17-12-16-13-19(24-15(2)22)18(14-17)21(16)3/h16-19H,4-14H2,1-3H3. The molecule has 2 heterocycles. The van der Waals surface area contributed by atoms with E-state index in [1.807, 2.05) is 0 Å². The number of fused-ring (bicyclic) bond motifs is 2. The maximum atomic E-state index is 12.1. The molecule has 0 amide bonds. The average molecular weight is 354 g/mol. The first-order chi connectivity index (χ1) is 12.0. The van der Waals surface area contributed by atoms with Crippen LogP contribution >= 0.6 is 0 Å². The lowest BCUT2D eigenvalue weighted by Gasteiger charge is -2.36. The van der Waals surface area contributed by atoms with Crippen LogP contribution < -0.4 is 0 Å². The molecule has 144 valence electrons. The van der Waals surface area contributed by atoms with E-state index in [-0.39, 0.29) is 30.2 Å². The zero-order valence-corrected chi connectivity index (χ0v) is 16.2. The Bertz CT molecular complexity index is 439. The summed E-state index contributed by atoms with van der Waals surface area (Å²) in [6.45, 7) is 3.68. The lowest BCUT2D eigenvalue weighted by Crippen LogP contribution is -2.46. The summed E-state index contributed by atoms with van der Waals surface area (Å²) in [5, 5.41) is 0. The molecule has 25 heavy (non-hydrogen) atoms. The highest BCUT2D eigenvalue weighted by Gasteiger charge is 2.47. The van der Waals surface area contributed by atoms with Crippen molar-refractivity contribution >= 4 is 11.9 Å². The number of nitrogens with zero attached hydrogens (tertiary/aromatic N) is 1. The fraction of sp³-hybridized carbons (Fsp3) is 0.900. The SMILES string of the molecule is CCCCCCCCCC(=O)OC1CC2CC(OC(C)=O)C(C1)N2C. The van der Waals surface area contributed by atoms with Crippen LogP contribution in [0.5, 0.6) is 0 Å². The summed E-state index contributed by atoms with van der Waals surface area (Å²) >= 11 is 0. The molecule has 2 bridgehead atoms. The van der Waals surface area contributed by atoms with Gasteiger partial charge in [0.15, 0.2) is 0 Å². The van der Waals surface area contributed by atoms with Crippen LogP contribution in [0.15, 0.2) is 0 Å². The van der Waals surface area contributed by atoms with Gasteiger partial charge in [0.05, 0.1) is 6.04 Å². The van der Waals surface area contributed by atoms with Crippen LogP contribution in [0.3, 0.4) is 0 Å². The Morgan fingerprint density at radius 3 is 2.32 bits per heavy atom. The van der Waals surface area contributed by atoms with E-state index in [0.29, 0.717) is 12.5 Å². The lowest BCUT2D eigenvalue weighted by atomic mass is 10.00. The van der Waals surface area contributed by atoms with Crippen molar-refractivity contribution in [1.82, 2.24) is 4.90 Å². The normalized spacial score (nSPS) is 28.8. The minimum absolute atomic E-state index is 0.0242. The van der Waals surface area contributed by atoms with Gasteiger partial charge in [-0.1, -0.05) is 45.4 Å². The highest BCUT2D eigenvalue weighted by atomic mass is 16.6. The third-order valence-corrected chi connectivity index (χ3v) is 5.67. The summed E-state index contributed by atoms with van der Waals surface area (Å²) < 4.78 is 11.2. The third kappa shape index (κ3) is 6.28. The molecule has 0 aromatic rings. The molecule has 2 aliphatic rings. The van der Waals surface area contributed by atoms with E-state index in [2.05, 4.69) is 18.9 Å². The summed E-state index contributed by atoms with van der Waals surface area (Å²) in [6.07, 6.45) is 11.4. The van der Waals surface area contributed by atoms with E-state index in [0.717, 1.165) is 32.1 Å². The van der Waals surface area contributed by atoms with Crippen molar-refractivity contribution in [3.05, 3.63) is 0 Å². The highest BCUT2D eigenvalue weighted by molar-refractivity contribution is 5.69. The topological polar surface area (TPSA) is 55.8 Å². The van der Waals surface area contributed by atoms with E-state index in [1.165, 1.54) is 39.0 Å². The molecule has 0 radical (unpaired) electrons. The monoisotopic (exact) mass is 353 g/mol. The number of likely N-dealkylation sites (N-methyl/N-ethyl adjacent to an activating group) is 1. The van der Waals surface area contributed by atoms with Crippen molar-refractivity contribution in [2.45, 2.75) is 109 Å². The van der Waals surface area contributed by atoms with Crippen molar-refractivity contribution in [3.8, 4) is 0 Å². The Balaban J connectivity index is 1.64. The molecule has 2 aliphatic heterocycles. The molecule has 5 nitrogen and oxygen atoms in total. The minimum Gasteiger partial charge on any atom is -0.462 e. The number of carbonyl (C=O) groups excluding carboxylic acids is 2. The summed E-state index contributed by atoms with van der Waals surface area (Å²) in [4.78, 5) is 25.6. The molecule has 4 atom stereocenters. The smallest absolute Gasteiger partial charge is 0.306 e. The lowest BCUT2D eigenvalue weighted by molar-refractivity contribution is -0.155. The summed E-state index contributed by atoms with van der Waals surface area (Å²) in [7, 11) is 2.08. The van der Waals surface area contributed by atoms with Crippen LogP contribution in [0.1, 0.15) is 84.5 Å². The highest BCUT2D eigenvalue weighted by Crippen LogP contribution is 2.37. The summed E-state index contributed by atoms with van der Waals surface area (Å²) in [5.74, 6) is -0.287. The van der Waals surface area contributed by atoms with Gasteiger partial charge >= 0.3 is 11.9 Å². The molecular weight excluding hydrogens is 318 g/mol. The molecule has 2 rings (SSSR count). The van der Waals surface area contributed by atoms with Gasteiger partial charge in [-0.15, -0.1) is 0 Å². The van der Waals surface area contributed by atoms with Crippen molar-refractivity contribution in [2.24, 2.45) is 0 Å². The van der Waals surface area contributed by atoms with E-state index in [9.17, 15) is 9.59 Å². The fourth-order valence-electron chi connectivity index (χ4n) is 4.28. The zero-order chi connectivity index (χ0) is 18.2. The quantitative estimate of drug-likeness (QED) is 0.441. The van der Waals surface area contributed by atoms with Crippen LogP contribution in [0.2, 0.25) is 0 Å². The molecule has 2 fully saturated rings. The predicted octanol–water partition coefficient (Wildman–Crippen LogP) is 3.84. The maximum Gasteiger partial charge on any atom is 0.306 e. The van der Waals surface area contributed by atoms with E-state index < -0.39 is 0 Å². The number of hydrogen-bond donors (Lipinski definition) is 0. The van der Waals surface area contributed by atoms with Crippen molar-refractivity contribution in [1.29, 1.82) is 0 Å². The number of piperidine rings is 1. The molecular formula is C20H35NO4. The van der Waals surface area contributed by atoms with Gasteiger partial charge in [-0.2, -0.15) is 0 Å². The Kier molecular flexibility index (Phi) is 8.20. The van der Waals surface area contributed by atoms with Gasteiger partial charge in [-0.3, -0.25) is 14.5 Å². The zero-order valence-electron chi connectivity index (χ0n) is 16.2. The molecule has 5 heteroatoms. The van der Waals surface area contributed by atoms with Crippen molar-refractivity contribution < 1.29 is 19.1 Å². The van der Waals surface area contributed by atoms with Gasteiger partial charge in [0.1, 0.15) is 12.2 Å². The van der Waals surface area contributed by atoms with E-state index in [4.69, 9.17) is 9.47 Å². The molecule has 0 N–H and O–H groups in total. The minimum atomic E-state index is -0.224. The molecule has 0 spiro atoms. The van der Waals surface area contributed by atoms with Gasteiger partial charge in [0.25, 0.3) is 0 Å². The average Bonchev–Trinajstić information content (AvgIpc) is 2.72. The Morgan fingerprint density at radius 2 is 1.64 bits per heavy atom. The maximum absolute atomic E-state index is 12.1. The Morgan fingerprint density at radius 1 is 0.960 bits per heavy atom. The predicted molar refractivity (Wildman–Crippen MR) is 97.2 cm³/mol. The molecule has 0 aromatic carbocycles. The number of rotatable bonds is 10. The number of carbonyl (C=O) groups is 2. The molecule has 0 aromatic heterocycles. The van der Waals surface area contributed by atoms with Gasteiger partial charge < -0.3 is 9.47 Å². The van der Waals surface area contributed by atoms with Crippen LogP contribution in [-0.4, -0.2) is 48.2 Å². The number of hydrogen-bond acceptors (Lipinski definition) is 5. The molecule has 0 aliphatic carbocycles. The molecule has 4 unspecified atom stereocenters.